The van der Waals surface area contributed by atoms with E-state index in [4.69, 9.17) is 17.4 Å². The Balaban J connectivity index is 2.24. The second kappa shape index (κ2) is 6.86. The maximum atomic E-state index is 6.24. The number of hydrogen-bond donors (Lipinski definition) is 2. The van der Waals surface area contributed by atoms with Crippen molar-refractivity contribution in [3.8, 4) is 0 Å². The third-order valence-corrected chi connectivity index (χ3v) is 4.23. The molecule has 0 bridgehead atoms. The van der Waals surface area contributed by atoms with Gasteiger partial charge in [0.25, 0.3) is 0 Å². The van der Waals surface area contributed by atoms with E-state index >= 15 is 0 Å². The van der Waals surface area contributed by atoms with E-state index in [2.05, 4.69) is 43.4 Å². The van der Waals surface area contributed by atoms with Crippen LogP contribution in [0.25, 0.3) is 0 Å². The molecule has 0 aliphatic heterocycles. The summed E-state index contributed by atoms with van der Waals surface area (Å²) < 4.78 is 2.01. The lowest BCUT2D eigenvalue weighted by atomic mass is 9.99. The van der Waals surface area contributed by atoms with Crippen LogP contribution in [0.5, 0.6) is 0 Å². The fourth-order valence-electron chi connectivity index (χ4n) is 1.90. The summed E-state index contributed by atoms with van der Waals surface area (Å²) in [6.07, 6.45) is 0.735. The number of hydrazine groups is 1. The van der Waals surface area contributed by atoms with Gasteiger partial charge in [-0.05, 0) is 41.8 Å². The topological polar surface area (TPSA) is 38.0 Å². The molecular weight excluding hydrogens is 391 g/mol. The summed E-state index contributed by atoms with van der Waals surface area (Å²) in [6.45, 7) is 0. The molecule has 100 valence electrons. The number of hydrogen-bond acceptors (Lipinski definition) is 2. The smallest absolute Gasteiger partial charge is 0.0501 e. The Morgan fingerprint density at radius 1 is 1.11 bits per heavy atom. The first-order valence-corrected chi connectivity index (χ1v) is 7.72. The van der Waals surface area contributed by atoms with Crippen LogP contribution in [0.1, 0.15) is 17.2 Å². The van der Waals surface area contributed by atoms with E-state index < -0.39 is 0 Å². The fourth-order valence-corrected chi connectivity index (χ4v) is 3.07. The third-order valence-electron chi connectivity index (χ3n) is 2.89. The van der Waals surface area contributed by atoms with Crippen molar-refractivity contribution in [1.29, 1.82) is 0 Å². The summed E-state index contributed by atoms with van der Waals surface area (Å²) in [5, 5.41) is 0.740. The first-order chi connectivity index (χ1) is 9.10. The van der Waals surface area contributed by atoms with Crippen LogP contribution < -0.4 is 11.3 Å². The third kappa shape index (κ3) is 4.04. The van der Waals surface area contributed by atoms with Crippen molar-refractivity contribution in [1.82, 2.24) is 5.43 Å². The zero-order valence-corrected chi connectivity index (χ0v) is 14.0. The quantitative estimate of drug-likeness (QED) is 0.577. The SMILES string of the molecule is NNC(Cc1ccc(Br)cc1Cl)c1cccc(Br)c1. The van der Waals surface area contributed by atoms with Crippen LogP contribution in [-0.2, 0) is 6.42 Å². The molecule has 0 aliphatic rings. The molecule has 1 unspecified atom stereocenters. The normalized spacial score (nSPS) is 12.4. The second-order valence-electron chi connectivity index (χ2n) is 4.21. The Kier molecular flexibility index (Phi) is 5.42. The van der Waals surface area contributed by atoms with Crippen molar-refractivity contribution < 1.29 is 0 Å². The van der Waals surface area contributed by atoms with E-state index in [1.807, 2.05) is 36.4 Å². The fraction of sp³-hybridized carbons (Fsp3) is 0.143. The van der Waals surface area contributed by atoms with Gasteiger partial charge in [-0.15, -0.1) is 0 Å². The molecule has 2 rings (SSSR count). The number of halogens is 3. The molecule has 0 amide bonds. The standard InChI is InChI=1S/C14H13Br2ClN2/c15-11-3-1-2-10(6-11)14(19-18)7-9-4-5-12(16)8-13(9)17/h1-6,8,14,19H,7,18H2. The van der Waals surface area contributed by atoms with E-state index in [0.29, 0.717) is 0 Å². The molecule has 19 heavy (non-hydrogen) atoms. The van der Waals surface area contributed by atoms with Crippen molar-refractivity contribution in [3.63, 3.8) is 0 Å². The Hall–Kier alpha value is -0.390. The molecule has 0 saturated heterocycles. The van der Waals surface area contributed by atoms with Crippen LogP contribution in [0.2, 0.25) is 5.02 Å². The maximum absolute atomic E-state index is 6.24. The van der Waals surface area contributed by atoms with Gasteiger partial charge in [-0.2, -0.15) is 0 Å². The second-order valence-corrected chi connectivity index (χ2v) is 6.45. The minimum absolute atomic E-state index is 0.0242. The molecular formula is C14H13Br2ClN2. The number of benzene rings is 2. The van der Waals surface area contributed by atoms with Gasteiger partial charge in [0, 0.05) is 14.0 Å². The Labute approximate surface area is 134 Å². The number of rotatable bonds is 4. The minimum atomic E-state index is 0.0242. The zero-order valence-electron chi connectivity index (χ0n) is 10.0. The first kappa shape index (κ1) is 15.0. The monoisotopic (exact) mass is 402 g/mol. The van der Waals surface area contributed by atoms with Crippen molar-refractivity contribution in [2.45, 2.75) is 12.5 Å². The van der Waals surface area contributed by atoms with E-state index in [1.54, 1.807) is 0 Å². The van der Waals surface area contributed by atoms with Crippen molar-refractivity contribution in [3.05, 3.63) is 67.6 Å². The average Bonchev–Trinajstić information content (AvgIpc) is 2.38. The van der Waals surface area contributed by atoms with Crippen molar-refractivity contribution in [2.24, 2.45) is 5.84 Å². The van der Waals surface area contributed by atoms with Crippen molar-refractivity contribution in [2.75, 3.05) is 0 Å². The largest absolute Gasteiger partial charge is 0.271 e. The maximum Gasteiger partial charge on any atom is 0.0501 e. The molecule has 3 N–H and O–H groups in total. The van der Waals surface area contributed by atoms with Gasteiger partial charge in [0.15, 0.2) is 0 Å². The van der Waals surface area contributed by atoms with Gasteiger partial charge >= 0.3 is 0 Å². The molecule has 2 aromatic rings. The van der Waals surface area contributed by atoms with Gasteiger partial charge in [-0.3, -0.25) is 11.3 Å². The summed E-state index contributed by atoms with van der Waals surface area (Å²) in [7, 11) is 0. The van der Waals surface area contributed by atoms with Gasteiger partial charge in [-0.25, -0.2) is 0 Å². The van der Waals surface area contributed by atoms with Crippen LogP contribution in [0, 0.1) is 0 Å². The highest BCUT2D eigenvalue weighted by molar-refractivity contribution is 9.10. The molecule has 2 aromatic carbocycles. The molecule has 2 nitrogen and oxygen atoms in total. The van der Waals surface area contributed by atoms with E-state index in [0.717, 1.165) is 31.5 Å². The van der Waals surface area contributed by atoms with Crippen LogP contribution in [-0.4, -0.2) is 0 Å². The van der Waals surface area contributed by atoms with Crippen LogP contribution in [0.3, 0.4) is 0 Å². The van der Waals surface area contributed by atoms with E-state index in [9.17, 15) is 0 Å². The Bertz CT molecular complexity index is 575. The van der Waals surface area contributed by atoms with Crippen LogP contribution in [0.15, 0.2) is 51.4 Å². The predicted octanol–water partition coefficient (Wildman–Crippen LogP) is 4.61. The first-order valence-electron chi connectivity index (χ1n) is 5.75. The highest BCUT2D eigenvalue weighted by Crippen LogP contribution is 2.27. The molecule has 0 aliphatic carbocycles. The predicted molar refractivity (Wildman–Crippen MR) is 87.1 cm³/mol. The zero-order chi connectivity index (χ0) is 13.8. The van der Waals surface area contributed by atoms with Gasteiger partial charge in [0.05, 0.1) is 6.04 Å². The highest BCUT2D eigenvalue weighted by Gasteiger charge is 2.13. The number of nitrogens with one attached hydrogen (secondary N) is 1. The average molecular weight is 405 g/mol. The van der Waals surface area contributed by atoms with E-state index in [1.165, 1.54) is 0 Å². The Morgan fingerprint density at radius 3 is 2.47 bits per heavy atom. The summed E-state index contributed by atoms with van der Waals surface area (Å²) in [4.78, 5) is 0. The van der Waals surface area contributed by atoms with Gasteiger partial charge < -0.3 is 0 Å². The van der Waals surface area contributed by atoms with E-state index in [-0.39, 0.29) is 6.04 Å². The van der Waals surface area contributed by atoms with Crippen LogP contribution in [0.4, 0.5) is 0 Å². The minimum Gasteiger partial charge on any atom is -0.271 e. The van der Waals surface area contributed by atoms with Gasteiger partial charge in [-0.1, -0.05) is 61.7 Å². The molecule has 0 aromatic heterocycles. The lowest BCUT2D eigenvalue weighted by molar-refractivity contribution is 0.552. The van der Waals surface area contributed by atoms with Crippen molar-refractivity contribution >= 4 is 43.5 Å². The van der Waals surface area contributed by atoms with Gasteiger partial charge in [0.2, 0.25) is 0 Å². The molecule has 0 saturated carbocycles. The molecule has 0 spiro atoms. The summed E-state index contributed by atoms with van der Waals surface area (Å²) in [5.41, 5.74) is 5.03. The Morgan fingerprint density at radius 2 is 1.84 bits per heavy atom. The molecule has 0 radical (unpaired) electrons. The molecule has 5 heteroatoms. The summed E-state index contributed by atoms with van der Waals surface area (Å²) in [6, 6.07) is 14.0. The highest BCUT2D eigenvalue weighted by atomic mass is 79.9. The lowest BCUT2D eigenvalue weighted by Crippen LogP contribution is -2.29. The molecule has 0 heterocycles. The van der Waals surface area contributed by atoms with Crippen LogP contribution >= 0.6 is 43.5 Å². The van der Waals surface area contributed by atoms with Gasteiger partial charge in [0.1, 0.15) is 0 Å². The molecule has 1 atom stereocenters. The number of nitrogens with two attached hydrogens (primary N) is 1. The lowest BCUT2D eigenvalue weighted by Gasteiger charge is -2.17. The summed E-state index contributed by atoms with van der Waals surface area (Å²) >= 11 is 13.1. The summed E-state index contributed by atoms with van der Waals surface area (Å²) in [5.74, 6) is 5.67. The molecule has 0 fully saturated rings.